The van der Waals surface area contributed by atoms with Gasteiger partial charge in [-0.05, 0) is 20.3 Å². The fourth-order valence-corrected chi connectivity index (χ4v) is 0.856. The van der Waals surface area contributed by atoms with Gasteiger partial charge in [-0.3, -0.25) is 0 Å². The predicted octanol–water partition coefficient (Wildman–Crippen LogP) is 1.50. The summed E-state index contributed by atoms with van der Waals surface area (Å²) in [7, 11) is 0. The summed E-state index contributed by atoms with van der Waals surface area (Å²) in [6.45, 7) is 5.46. The van der Waals surface area contributed by atoms with Crippen molar-refractivity contribution in [3.05, 3.63) is 11.8 Å². The predicted molar refractivity (Wildman–Crippen MR) is 51.9 cm³/mol. The Hall–Kier alpha value is -1.19. The number of hydrogen-bond acceptors (Lipinski definition) is 3. The summed E-state index contributed by atoms with van der Waals surface area (Å²) in [6.07, 6.45) is 2.92. The van der Waals surface area contributed by atoms with E-state index in [4.69, 9.17) is 16.2 Å². The van der Waals surface area contributed by atoms with Gasteiger partial charge >= 0.3 is 6.09 Å². The molecule has 0 unspecified atom stereocenters. The third-order valence-electron chi connectivity index (χ3n) is 1.70. The van der Waals surface area contributed by atoms with E-state index in [1.165, 1.54) is 0 Å². The molecule has 76 valence electrons. The third kappa shape index (κ3) is 4.40. The topological polar surface area (TPSA) is 78.3 Å². The lowest BCUT2D eigenvalue weighted by Gasteiger charge is -2.24. The number of ether oxygens (including phenoxy) is 1. The Labute approximate surface area is 78.9 Å². The minimum Gasteiger partial charge on any atom is -0.437 e. The molecule has 13 heavy (non-hydrogen) atoms. The van der Waals surface area contributed by atoms with Crippen LogP contribution in [0.2, 0.25) is 0 Å². The molecule has 0 aromatic rings. The van der Waals surface area contributed by atoms with E-state index in [9.17, 15) is 4.79 Å². The van der Waals surface area contributed by atoms with Crippen LogP contribution in [0.4, 0.5) is 4.79 Å². The highest BCUT2D eigenvalue weighted by atomic mass is 16.6. The number of unbranched alkanes of at least 4 members (excludes halogenated alkanes) is 1. The molecular formula is C9H18N2O2. The van der Waals surface area contributed by atoms with Crippen LogP contribution in [-0.2, 0) is 4.74 Å². The van der Waals surface area contributed by atoms with E-state index in [1.54, 1.807) is 13.8 Å². The van der Waals surface area contributed by atoms with Crippen LogP contribution >= 0.6 is 0 Å². The highest BCUT2D eigenvalue weighted by molar-refractivity contribution is 5.65. The molecule has 4 heteroatoms. The van der Waals surface area contributed by atoms with E-state index in [-0.39, 0.29) is 0 Å². The van der Waals surface area contributed by atoms with Gasteiger partial charge in [-0.1, -0.05) is 19.4 Å². The molecule has 0 fully saturated rings. The number of hydrogen-bond donors (Lipinski definition) is 2. The Morgan fingerprint density at radius 3 is 2.38 bits per heavy atom. The second-order valence-electron chi connectivity index (χ2n) is 3.38. The van der Waals surface area contributed by atoms with E-state index in [2.05, 4.69) is 0 Å². The number of nitrogens with two attached hydrogens (primary N) is 2. The number of rotatable bonds is 4. The number of allylic oxidation sites excluding steroid dienone is 1. The van der Waals surface area contributed by atoms with E-state index < -0.39 is 11.7 Å². The standard InChI is InChI=1S/C9H18N2O2/c1-4-5-6-7(10)9(2,3)13-8(11)12/h6H,4-5,10H2,1-3H3,(H2,11,12). The minimum absolute atomic E-state index is 0.535. The average molecular weight is 186 g/mol. The quantitative estimate of drug-likeness (QED) is 0.698. The van der Waals surface area contributed by atoms with Crippen LogP contribution in [0, 0.1) is 0 Å². The number of carbonyl (C=O) groups excluding carboxylic acids is 1. The van der Waals surface area contributed by atoms with Crippen molar-refractivity contribution in [2.75, 3.05) is 0 Å². The molecule has 0 aliphatic carbocycles. The second kappa shape index (κ2) is 4.74. The fourth-order valence-electron chi connectivity index (χ4n) is 0.856. The molecule has 0 aliphatic rings. The molecule has 0 atom stereocenters. The van der Waals surface area contributed by atoms with Crippen molar-refractivity contribution in [2.45, 2.75) is 39.2 Å². The monoisotopic (exact) mass is 186 g/mol. The van der Waals surface area contributed by atoms with Crippen LogP contribution in [0.5, 0.6) is 0 Å². The molecule has 1 amide bonds. The van der Waals surface area contributed by atoms with Gasteiger partial charge in [0.15, 0.2) is 0 Å². The van der Waals surface area contributed by atoms with Crippen LogP contribution in [0.3, 0.4) is 0 Å². The Morgan fingerprint density at radius 1 is 1.46 bits per heavy atom. The maximum atomic E-state index is 10.5. The van der Waals surface area contributed by atoms with Crippen LogP contribution in [0.1, 0.15) is 33.6 Å². The summed E-state index contributed by atoms with van der Waals surface area (Å²) in [5, 5.41) is 0. The summed E-state index contributed by atoms with van der Waals surface area (Å²) in [4.78, 5) is 10.5. The maximum absolute atomic E-state index is 10.5. The third-order valence-corrected chi connectivity index (χ3v) is 1.70. The maximum Gasteiger partial charge on any atom is 0.405 e. The van der Waals surface area contributed by atoms with Gasteiger partial charge < -0.3 is 16.2 Å². The first-order chi connectivity index (χ1) is 5.90. The SMILES string of the molecule is CCCC=C(N)C(C)(C)OC(N)=O. The van der Waals surface area contributed by atoms with E-state index in [1.807, 2.05) is 13.0 Å². The van der Waals surface area contributed by atoms with Gasteiger partial charge in [-0.15, -0.1) is 0 Å². The Bertz CT molecular complexity index is 210. The van der Waals surface area contributed by atoms with Crippen molar-refractivity contribution in [1.82, 2.24) is 0 Å². The van der Waals surface area contributed by atoms with Gasteiger partial charge in [-0.25, -0.2) is 4.79 Å². The fraction of sp³-hybridized carbons (Fsp3) is 0.667. The lowest BCUT2D eigenvalue weighted by Crippen LogP contribution is -2.36. The van der Waals surface area contributed by atoms with E-state index >= 15 is 0 Å². The zero-order chi connectivity index (χ0) is 10.5. The van der Waals surface area contributed by atoms with Gasteiger partial charge in [0.05, 0.1) is 0 Å². The lowest BCUT2D eigenvalue weighted by molar-refractivity contribution is 0.0707. The molecule has 4 nitrogen and oxygen atoms in total. The van der Waals surface area contributed by atoms with Gasteiger partial charge in [-0.2, -0.15) is 0 Å². The van der Waals surface area contributed by atoms with Crippen LogP contribution in [-0.4, -0.2) is 11.7 Å². The van der Waals surface area contributed by atoms with Crippen LogP contribution in [0.25, 0.3) is 0 Å². The van der Waals surface area contributed by atoms with E-state index in [0.717, 1.165) is 12.8 Å². The molecule has 0 aromatic carbocycles. The first-order valence-electron chi connectivity index (χ1n) is 4.34. The van der Waals surface area contributed by atoms with Crippen molar-refractivity contribution < 1.29 is 9.53 Å². The Kier molecular flexibility index (Phi) is 4.31. The number of primary amides is 1. The van der Waals surface area contributed by atoms with Gasteiger partial charge in [0, 0.05) is 5.70 Å². The highest BCUT2D eigenvalue weighted by Crippen LogP contribution is 2.16. The molecule has 0 aromatic heterocycles. The minimum atomic E-state index is -0.808. The molecule has 0 spiro atoms. The molecule has 0 heterocycles. The van der Waals surface area contributed by atoms with Gasteiger partial charge in [0.25, 0.3) is 0 Å². The molecule has 0 rings (SSSR count). The smallest absolute Gasteiger partial charge is 0.405 e. The molecule has 0 aliphatic heterocycles. The van der Waals surface area contributed by atoms with E-state index in [0.29, 0.717) is 5.70 Å². The average Bonchev–Trinajstić information content (AvgIpc) is 1.97. The summed E-state index contributed by atoms with van der Waals surface area (Å²) in [5.41, 5.74) is 10.3. The summed E-state index contributed by atoms with van der Waals surface area (Å²) >= 11 is 0. The summed E-state index contributed by atoms with van der Waals surface area (Å²) < 4.78 is 4.84. The number of carbonyl (C=O) groups is 1. The Balaban J connectivity index is 4.34. The molecule has 0 saturated heterocycles. The van der Waals surface area contributed by atoms with Crippen LogP contribution < -0.4 is 11.5 Å². The second-order valence-corrected chi connectivity index (χ2v) is 3.38. The summed E-state index contributed by atoms with van der Waals surface area (Å²) in [5.74, 6) is 0. The molecule has 0 radical (unpaired) electrons. The largest absolute Gasteiger partial charge is 0.437 e. The normalized spacial score (nSPS) is 12.7. The molecule has 4 N–H and O–H groups in total. The molecular weight excluding hydrogens is 168 g/mol. The molecule has 0 bridgehead atoms. The summed E-state index contributed by atoms with van der Waals surface area (Å²) in [6, 6.07) is 0. The van der Waals surface area contributed by atoms with Crippen molar-refractivity contribution in [3.8, 4) is 0 Å². The molecule has 0 saturated carbocycles. The van der Waals surface area contributed by atoms with Crippen LogP contribution in [0.15, 0.2) is 11.8 Å². The highest BCUT2D eigenvalue weighted by Gasteiger charge is 2.24. The van der Waals surface area contributed by atoms with Crippen molar-refractivity contribution >= 4 is 6.09 Å². The zero-order valence-corrected chi connectivity index (χ0v) is 8.46. The van der Waals surface area contributed by atoms with Crippen molar-refractivity contribution in [2.24, 2.45) is 11.5 Å². The van der Waals surface area contributed by atoms with Crippen molar-refractivity contribution in [3.63, 3.8) is 0 Å². The first-order valence-corrected chi connectivity index (χ1v) is 4.34. The van der Waals surface area contributed by atoms with Crippen molar-refractivity contribution in [1.29, 1.82) is 0 Å². The lowest BCUT2D eigenvalue weighted by atomic mass is 10.0. The Morgan fingerprint density at radius 2 is 2.00 bits per heavy atom. The number of amides is 1. The zero-order valence-electron chi connectivity index (χ0n) is 8.46. The first kappa shape index (κ1) is 11.8. The van der Waals surface area contributed by atoms with Gasteiger partial charge in [0.2, 0.25) is 0 Å². The van der Waals surface area contributed by atoms with Gasteiger partial charge in [0.1, 0.15) is 5.60 Å².